The van der Waals surface area contributed by atoms with Crippen molar-refractivity contribution in [3.8, 4) is 11.6 Å². The Labute approximate surface area is 268 Å². The van der Waals surface area contributed by atoms with Gasteiger partial charge in [0, 0.05) is 56.8 Å². The number of amides is 3. The van der Waals surface area contributed by atoms with E-state index < -0.39 is 39.8 Å². The molecule has 4 rings (SSSR count). The number of halogens is 2. The first-order chi connectivity index (χ1) is 21.8. The summed E-state index contributed by atoms with van der Waals surface area (Å²) >= 11 is 0. The van der Waals surface area contributed by atoms with Crippen LogP contribution in [-0.2, 0) is 33.4 Å². The number of piperidine rings is 1. The molecule has 0 aliphatic carbocycles. The summed E-state index contributed by atoms with van der Waals surface area (Å²) in [6.07, 6.45) is 5.65. The topological polar surface area (TPSA) is 135 Å². The number of nitrogens with two attached hydrogens (primary N) is 1. The van der Waals surface area contributed by atoms with Crippen molar-refractivity contribution >= 4 is 27.5 Å². The molecule has 0 radical (unpaired) electrons. The monoisotopic (exact) mass is 657 g/mol. The molecule has 10 nitrogen and oxygen atoms in total. The van der Waals surface area contributed by atoms with E-state index in [9.17, 15) is 26.8 Å². The van der Waals surface area contributed by atoms with Crippen molar-refractivity contribution < 1.29 is 31.5 Å². The molecule has 0 bridgehead atoms. The van der Waals surface area contributed by atoms with Crippen molar-refractivity contribution in [1.29, 1.82) is 0 Å². The second kappa shape index (κ2) is 15.5. The highest BCUT2D eigenvalue weighted by molar-refractivity contribution is 7.89. The summed E-state index contributed by atoms with van der Waals surface area (Å²) in [4.78, 5) is 33.1. The van der Waals surface area contributed by atoms with Crippen LogP contribution in [0.15, 0.2) is 48.7 Å². The van der Waals surface area contributed by atoms with Crippen LogP contribution in [0.2, 0.25) is 0 Å². The molecule has 13 heteroatoms. The Morgan fingerprint density at radius 3 is 2.41 bits per heavy atom. The zero-order valence-electron chi connectivity index (χ0n) is 26.4. The van der Waals surface area contributed by atoms with Gasteiger partial charge >= 0.3 is 6.03 Å². The third-order valence-electron chi connectivity index (χ3n) is 7.84. The maximum absolute atomic E-state index is 14.5. The number of carbonyl (C=O) groups excluding carboxylic acids is 2. The fraction of sp³-hybridized carbons (Fsp3) is 0.424. The van der Waals surface area contributed by atoms with Gasteiger partial charge in [-0.3, -0.25) is 9.69 Å². The van der Waals surface area contributed by atoms with Crippen LogP contribution in [0.25, 0.3) is 0 Å². The van der Waals surface area contributed by atoms with Crippen molar-refractivity contribution in [2.24, 2.45) is 5.73 Å². The molecule has 0 atom stereocenters. The van der Waals surface area contributed by atoms with Gasteiger partial charge in [0.05, 0.1) is 17.9 Å². The molecule has 0 unspecified atom stereocenters. The summed E-state index contributed by atoms with van der Waals surface area (Å²) in [5.41, 5.74) is 7.42. The highest BCUT2D eigenvalue weighted by Gasteiger charge is 2.28. The largest absolute Gasteiger partial charge is 0.439 e. The van der Waals surface area contributed by atoms with Crippen LogP contribution in [0.1, 0.15) is 54.9 Å². The van der Waals surface area contributed by atoms with Crippen molar-refractivity contribution in [2.75, 3.05) is 31.2 Å². The minimum atomic E-state index is -3.13. The molecule has 1 saturated heterocycles. The predicted molar refractivity (Wildman–Crippen MR) is 172 cm³/mol. The van der Waals surface area contributed by atoms with Gasteiger partial charge in [-0.2, -0.15) is 0 Å². The zero-order valence-corrected chi connectivity index (χ0v) is 27.2. The molecule has 0 spiro atoms. The lowest BCUT2D eigenvalue weighted by molar-refractivity contribution is -0.117. The lowest BCUT2D eigenvalue weighted by Crippen LogP contribution is -2.49. The number of ether oxygens (including phenoxy) is 1. The summed E-state index contributed by atoms with van der Waals surface area (Å²) < 4.78 is 57.8. The lowest BCUT2D eigenvalue weighted by Gasteiger charge is -2.38. The molecule has 0 saturated carbocycles. The van der Waals surface area contributed by atoms with E-state index >= 15 is 0 Å². The van der Waals surface area contributed by atoms with E-state index in [4.69, 9.17) is 10.5 Å². The second-order valence-electron chi connectivity index (χ2n) is 11.8. The average Bonchev–Trinajstić information content (AvgIpc) is 2.98. The van der Waals surface area contributed by atoms with Crippen molar-refractivity contribution in [2.45, 2.75) is 64.3 Å². The fourth-order valence-electron chi connectivity index (χ4n) is 5.52. The van der Waals surface area contributed by atoms with Crippen LogP contribution in [0.4, 0.5) is 19.3 Å². The van der Waals surface area contributed by atoms with Crippen molar-refractivity contribution in [1.82, 2.24) is 14.8 Å². The highest BCUT2D eigenvalue weighted by atomic mass is 32.2. The van der Waals surface area contributed by atoms with E-state index in [0.717, 1.165) is 56.0 Å². The van der Waals surface area contributed by atoms with Crippen molar-refractivity contribution in [3.05, 3.63) is 82.5 Å². The van der Waals surface area contributed by atoms with Gasteiger partial charge in [-0.1, -0.05) is 31.5 Å². The van der Waals surface area contributed by atoms with E-state index in [1.807, 2.05) is 19.9 Å². The molecule has 46 heavy (non-hydrogen) atoms. The molecule has 1 aliphatic rings. The molecule has 248 valence electrons. The van der Waals surface area contributed by atoms with Gasteiger partial charge in [-0.05, 0) is 60.6 Å². The number of aryl methyl sites for hydroxylation is 1. The number of rotatable bonds is 13. The minimum absolute atomic E-state index is 0.0291. The van der Waals surface area contributed by atoms with Crippen LogP contribution in [0, 0.1) is 18.6 Å². The van der Waals surface area contributed by atoms with Gasteiger partial charge in [-0.15, -0.1) is 0 Å². The Hall–Kier alpha value is -4.10. The first-order valence-corrected chi connectivity index (χ1v) is 17.3. The first kappa shape index (κ1) is 34.8. The van der Waals surface area contributed by atoms with Gasteiger partial charge in [0.25, 0.3) is 0 Å². The van der Waals surface area contributed by atoms with E-state index in [2.05, 4.69) is 15.2 Å². The number of nitrogens with zero attached hydrogens (tertiary/aromatic N) is 3. The van der Waals surface area contributed by atoms with Crippen molar-refractivity contribution in [3.63, 3.8) is 0 Å². The van der Waals surface area contributed by atoms with Gasteiger partial charge in [-0.25, -0.2) is 27.0 Å². The Morgan fingerprint density at radius 2 is 1.80 bits per heavy atom. The number of hydrogen-bond acceptors (Lipinski definition) is 7. The predicted octanol–water partition coefficient (Wildman–Crippen LogP) is 5.33. The smallest absolute Gasteiger partial charge is 0.322 e. The molecule has 1 fully saturated rings. The summed E-state index contributed by atoms with van der Waals surface area (Å²) in [7, 11) is -3.13. The molecular weight excluding hydrogens is 616 g/mol. The number of nitrogens with one attached hydrogen (secondary N) is 1. The third kappa shape index (κ3) is 9.95. The van der Waals surface area contributed by atoms with Crippen LogP contribution < -0.4 is 15.8 Å². The molecule has 3 amide bonds. The number of benzene rings is 2. The van der Waals surface area contributed by atoms with E-state index in [1.165, 1.54) is 6.26 Å². The number of aromatic nitrogens is 1. The number of unbranched alkanes of at least 4 members (excludes halogenated alkanes) is 1. The molecule has 1 aromatic heterocycles. The molecular formula is C33H41F2N5O5S. The Balaban J connectivity index is 1.33. The van der Waals surface area contributed by atoms with Crippen LogP contribution in [-0.4, -0.2) is 67.1 Å². The summed E-state index contributed by atoms with van der Waals surface area (Å²) in [6, 6.07) is 10.3. The summed E-state index contributed by atoms with van der Waals surface area (Å²) in [5, 5.41) is 2.58. The van der Waals surface area contributed by atoms with Crippen LogP contribution in [0.3, 0.4) is 0 Å². The quantitative estimate of drug-likeness (QED) is 0.254. The van der Waals surface area contributed by atoms with Gasteiger partial charge in [0.1, 0.15) is 17.4 Å². The standard InChI is InChI=1S/C33H41F2N5O5S/c1-4-5-12-40(33(42)38-29-16-25(17-31(36)41)27(34)18-28(29)35)26-10-13-39(14-11-26)20-24-7-9-32(37-19-24)45-30-8-6-23(15-22(30)2)21-46(3,43)44/h6-9,15-16,18-19,26H,4-5,10-14,17,20-21H2,1-3H3,(H2,36,41)(H,38,42). The van der Waals surface area contributed by atoms with Crippen LogP contribution >= 0.6 is 0 Å². The molecule has 2 heterocycles. The number of carbonyl (C=O) groups is 2. The third-order valence-corrected chi connectivity index (χ3v) is 8.70. The maximum atomic E-state index is 14.5. The average molecular weight is 658 g/mol. The minimum Gasteiger partial charge on any atom is -0.439 e. The Morgan fingerprint density at radius 1 is 1.09 bits per heavy atom. The van der Waals surface area contributed by atoms with Gasteiger partial charge in [0.15, 0.2) is 9.84 Å². The zero-order chi connectivity index (χ0) is 33.4. The fourth-order valence-corrected chi connectivity index (χ4v) is 6.31. The number of likely N-dealkylation sites (tertiary alicyclic amines) is 1. The molecule has 3 N–H and O–H groups in total. The number of hydrogen-bond donors (Lipinski definition) is 2. The Bertz CT molecular complexity index is 1640. The summed E-state index contributed by atoms with van der Waals surface area (Å²) in [5.74, 6) is -1.58. The molecule has 2 aromatic carbocycles. The normalized spacial score (nSPS) is 14.2. The highest BCUT2D eigenvalue weighted by Crippen LogP contribution is 2.27. The Kier molecular flexibility index (Phi) is 11.7. The number of primary amides is 1. The van der Waals surface area contributed by atoms with Gasteiger partial charge in [0.2, 0.25) is 11.8 Å². The van der Waals surface area contributed by atoms with Gasteiger partial charge < -0.3 is 20.7 Å². The number of anilines is 1. The SMILES string of the molecule is CCCCN(C(=O)Nc1cc(CC(N)=O)c(F)cc1F)C1CCN(Cc2ccc(Oc3ccc(CS(C)(=O)=O)cc3C)nc2)CC1. The maximum Gasteiger partial charge on any atom is 0.322 e. The van der Waals surface area contributed by atoms with E-state index in [1.54, 1.807) is 35.4 Å². The molecule has 1 aliphatic heterocycles. The number of urea groups is 1. The van der Waals surface area contributed by atoms with E-state index in [-0.39, 0.29) is 23.0 Å². The number of sulfone groups is 1. The molecule has 3 aromatic rings. The summed E-state index contributed by atoms with van der Waals surface area (Å²) in [6.45, 7) is 6.53. The second-order valence-corrected chi connectivity index (χ2v) is 14.0. The van der Waals surface area contributed by atoms with E-state index in [0.29, 0.717) is 36.3 Å². The van der Waals surface area contributed by atoms with Crippen LogP contribution in [0.5, 0.6) is 11.6 Å². The first-order valence-electron chi connectivity index (χ1n) is 15.3. The lowest BCUT2D eigenvalue weighted by atomic mass is 10.0. The number of pyridine rings is 1.